The van der Waals surface area contributed by atoms with E-state index in [1.165, 1.54) is 0 Å². The number of nitrogen functional groups attached to an aromatic ring is 1. The van der Waals surface area contributed by atoms with E-state index in [1.54, 1.807) is 0 Å². The van der Waals surface area contributed by atoms with Crippen LogP contribution in [0.3, 0.4) is 0 Å². The number of hydrogen-bond acceptors (Lipinski definition) is 5. The summed E-state index contributed by atoms with van der Waals surface area (Å²) >= 11 is 6.25. The number of piperazine rings is 1. The lowest BCUT2D eigenvalue weighted by Gasteiger charge is -2.35. The van der Waals surface area contributed by atoms with Gasteiger partial charge in [-0.05, 0) is 37.5 Å². The molecular formula is C20H26ClN5O. The summed E-state index contributed by atoms with van der Waals surface area (Å²) in [6, 6.07) is 7.92. The van der Waals surface area contributed by atoms with Gasteiger partial charge in [0, 0.05) is 55.6 Å². The standard InChI is InChI=1S/C20H26ClN5O/c1-14-17(15(2)24-20(22)23-14)7-8-19(27)26-11-9-25(10-12-26)13-16-5-3-4-6-18(16)21/h3-6H,7-13H2,1-2H3,(H2,22,23,24). The number of benzene rings is 1. The number of anilines is 1. The number of hydrogen-bond donors (Lipinski definition) is 1. The van der Waals surface area contributed by atoms with E-state index in [0.717, 1.165) is 60.3 Å². The Morgan fingerprint density at radius 1 is 1.11 bits per heavy atom. The number of carbonyl (C=O) groups excluding carboxylic acids is 1. The summed E-state index contributed by atoms with van der Waals surface area (Å²) in [6.45, 7) is 7.87. The molecule has 6 nitrogen and oxygen atoms in total. The van der Waals surface area contributed by atoms with Crippen molar-refractivity contribution >= 4 is 23.5 Å². The van der Waals surface area contributed by atoms with Crippen LogP contribution in [0, 0.1) is 13.8 Å². The highest BCUT2D eigenvalue weighted by molar-refractivity contribution is 6.31. The van der Waals surface area contributed by atoms with Crippen molar-refractivity contribution in [2.45, 2.75) is 33.2 Å². The average Bonchev–Trinajstić information content (AvgIpc) is 2.63. The highest BCUT2D eigenvalue weighted by atomic mass is 35.5. The van der Waals surface area contributed by atoms with Crippen molar-refractivity contribution in [1.29, 1.82) is 0 Å². The maximum Gasteiger partial charge on any atom is 0.222 e. The van der Waals surface area contributed by atoms with Gasteiger partial charge < -0.3 is 10.6 Å². The van der Waals surface area contributed by atoms with Gasteiger partial charge in [0.2, 0.25) is 11.9 Å². The first-order valence-electron chi connectivity index (χ1n) is 9.27. The van der Waals surface area contributed by atoms with Crippen molar-refractivity contribution in [3.63, 3.8) is 0 Å². The number of nitrogens with two attached hydrogens (primary N) is 1. The Labute approximate surface area is 165 Å². The molecule has 1 aromatic heterocycles. The molecule has 7 heteroatoms. The van der Waals surface area contributed by atoms with Crippen LogP contribution >= 0.6 is 11.6 Å². The Hall–Kier alpha value is -2.18. The Balaban J connectivity index is 1.50. The van der Waals surface area contributed by atoms with Crippen molar-refractivity contribution in [2.24, 2.45) is 0 Å². The van der Waals surface area contributed by atoms with Gasteiger partial charge in [0.25, 0.3) is 0 Å². The number of aryl methyl sites for hydroxylation is 2. The van der Waals surface area contributed by atoms with E-state index in [9.17, 15) is 4.79 Å². The Bertz CT molecular complexity index is 795. The van der Waals surface area contributed by atoms with Gasteiger partial charge >= 0.3 is 0 Å². The molecule has 1 amide bonds. The van der Waals surface area contributed by atoms with Crippen LogP contribution in [0.2, 0.25) is 5.02 Å². The summed E-state index contributed by atoms with van der Waals surface area (Å²) in [6.07, 6.45) is 1.12. The van der Waals surface area contributed by atoms with Gasteiger partial charge in [-0.1, -0.05) is 29.8 Å². The molecule has 1 fully saturated rings. The molecule has 0 bridgehead atoms. The molecule has 27 heavy (non-hydrogen) atoms. The molecule has 2 N–H and O–H groups in total. The predicted octanol–water partition coefficient (Wildman–Crippen LogP) is 2.61. The van der Waals surface area contributed by atoms with Crippen LogP contribution in [-0.2, 0) is 17.8 Å². The quantitative estimate of drug-likeness (QED) is 0.853. The van der Waals surface area contributed by atoms with Crippen LogP contribution in [0.5, 0.6) is 0 Å². The van der Waals surface area contributed by atoms with Crippen molar-refractivity contribution in [3.8, 4) is 0 Å². The number of halogens is 1. The van der Waals surface area contributed by atoms with Crippen molar-refractivity contribution < 1.29 is 4.79 Å². The molecule has 0 aliphatic carbocycles. The second-order valence-corrected chi connectivity index (χ2v) is 7.39. The van der Waals surface area contributed by atoms with E-state index in [1.807, 2.05) is 36.9 Å². The molecule has 144 valence electrons. The van der Waals surface area contributed by atoms with E-state index in [0.29, 0.717) is 12.8 Å². The van der Waals surface area contributed by atoms with Crippen LogP contribution in [0.15, 0.2) is 24.3 Å². The molecule has 2 heterocycles. The first-order valence-corrected chi connectivity index (χ1v) is 9.65. The summed E-state index contributed by atoms with van der Waals surface area (Å²) in [4.78, 5) is 25.3. The van der Waals surface area contributed by atoms with E-state index in [2.05, 4.69) is 20.9 Å². The molecule has 1 aliphatic rings. The Morgan fingerprint density at radius 2 is 1.74 bits per heavy atom. The second kappa shape index (κ2) is 8.67. The molecule has 1 saturated heterocycles. The van der Waals surface area contributed by atoms with Crippen molar-refractivity contribution in [3.05, 3.63) is 51.8 Å². The third kappa shape index (κ3) is 4.96. The topological polar surface area (TPSA) is 75.3 Å². The molecule has 3 rings (SSSR count). The van der Waals surface area contributed by atoms with E-state index >= 15 is 0 Å². The molecular weight excluding hydrogens is 362 g/mol. The Morgan fingerprint density at radius 3 is 2.37 bits per heavy atom. The fourth-order valence-electron chi connectivity index (χ4n) is 3.54. The number of amides is 1. The average molecular weight is 388 g/mol. The molecule has 2 aromatic rings. The van der Waals surface area contributed by atoms with Gasteiger partial charge in [-0.2, -0.15) is 0 Å². The molecule has 0 atom stereocenters. The predicted molar refractivity (Wildman–Crippen MR) is 108 cm³/mol. The van der Waals surface area contributed by atoms with Crippen LogP contribution in [0.1, 0.15) is 28.9 Å². The molecule has 0 radical (unpaired) electrons. The van der Waals surface area contributed by atoms with Gasteiger partial charge in [0.15, 0.2) is 0 Å². The maximum absolute atomic E-state index is 12.6. The number of nitrogens with zero attached hydrogens (tertiary/aromatic N) is 4. The highest BCUT2D eigenvalue weighted by Crippen LogP contribution is 2.19. The fourth-order valence-corrected chi connectivity index (χ4v) is 3.74. The summed E-state index contributed by atoms with van der Waals surface area (Å²) in [5.41, 5.74) is 9.54. The molecule has 0 saturated carbocycles. The van der Waals surface area contributed by atoms with Crippen LogP contribution in [0.25, 0.3) is 0 Å². The smallest absolute Gasteiger partial charge is 0.222 e. The zero-order valence-electron chi connectivity index (χ0n) is 15.9. The van der Waals surface area contributed by atoms with E-state index in [4.69, 9.17) is 17.3 Å². The van der Waals surface area contributed by atoms with Crippen LogP contribution < -0.4 is 5.73 Å². The van der Waals surface area contributed by atoms with Crippen LogP contribution in [-0.4, -0.2) is 51.9 Å². The number of aromatic nitrogens is 2. The zero-order valence-corrected chi connectivity index (χ0v) is 16.7. The third-order valence-corrected chi connectivity index (χ3v) is 5.47. The fraction of sp³-hybridized carbons (Fsp3) is 0.450. The lowest BCUT2D eigenvalue weighted by molar-refractivity contribution is -0.133. The minimum Gasteiger partial charge on any atom is -0.368 e. The lowest BCUT2D eigenvalue weighted by Crippen LogP contribution is -2.48. The maximum atomic E-state index is 12.6. The third-order valence-electron chi connectivity index (χ3n) is 5.10. The van der Waals surface area contributed by atoms with Gasteiger partial charge in [-0.25, -0.2) is 9.97 Å². The summed E-state index contributed by atoms with van der Waals surface area (Å²) in [5.74, 6) is 0.470. The summed E-state index contributed by atoms with van der Waals surface area (Å²) < 4.78 is 0. The first-order chi connectivity index (χ1) is 12.9. The van der Waals surface area contributed by atoms with Crippen LogP contribution in [0.4, 0.5) is 5.95 Å². The van der Waals surface area contributed by atoms with Crippen molar-refractivity contribution in [1.82, 2.24) is 19.8 Å². The summed E-state index contributed by atoms with van der Waals surface area (Å²) in [7, 11) is 0. The molecule has 0 unspecified atom stereocenters. The van der Waals surface area contributed by atoms with Gasteiger partial charge in [-0.3, -0.25) is 9.69 Å². The second-order valence-electron chi connectivity index (χ2n) is 6.98. The van der Waals surface area contributed by atoms with Crippen molar-refractivity contribution in [2.75, 3.05) is 31.9 Å². The molecule has 0 spiro atoms. The summed E-state index contributed by atoms with van der Waals surface area (Å²) in [5, 5.41) is 0.799. The number of rotatable bonds is 5. The number of carbonyl (C=O) groups is 1. The Kier molecular flexibility index (Phi) is 6.29. The van der Waals surface area contributed by atoms with Gasteiger partial charge in [0.05, 0.1) is 0 Å². The van der Waals surface area contributed by atoms with Gasteiger partial charge in [0.1, 0.15) is 0 Å². The lowest BCUT2D eigenvalue weighted by atomic mass is 10.1. The highest BCUT2D eigenvalue weighted by Gasteiger charge is 2.22. The zero-order chi connectivity index (χ0) is 19.4. The minimum atomic E-state index is 0.183. The monoisotopic (exact) mass is 387 g/mol. The first kappa shape index (κ1) is 19.6. The van der Waals surface area contributed by atoms with E-state index in [-0.39, 0.29) is 11.9 Å². The normalized spacial score (nSPS) is 15.1. The largest absolute Gasteiger partial charge is 0.368 e. The SMILES string of the molecule is Cc1nc(N)nc(C)c1CCC(=O)N1CCN(Cc2ccccc2Cl)CC1. The molecule has 1 aromatic carbocycles. The minimum absolute atomic E-state index is 0.183. The van der Waals surface area contributed by atoms with E-state index < -0.39 is 0 Å². The molecule has 1 aliphatic heterocycles. The van der Waals surface area contributed by atoms with Gasteiger partial charge in [-0.15, -0.1) is 0 Å².